The second-order valence-corrected chi connectivity index (χ2v) is 8.85. The summed E-state index contributed by atoms with van der Waals surface area (Å²) in [6.07, 6.45) is 2.37. The van der Waals surface area contributed by atoms with E-state index < -0.39 is 10.0 Å². The molecule has 2 rings (SSSR count). The molecule has 1 saturated heterocycles. The Morgan fingerprint density at radius 3 is 2.28 bits per heavy atom. The number of hydrogen-bond acceptors (Lipinski definition) is 4. The molecule has 1 heterocycles. The first-order valence-corrected chi connectivity index (χ1v) is 10.4. The largest absolute Gasteiger partial charge is 0.492 e. The first-order chi connectivity index (χ1) is 11.7. The van der Waals surface area contributed by atoms with Crippen LogP contribution in [0.15, 0.2) is 18.2 Å². The Hall–Kier alpha value is -1.60. The summed E-state index contributed by atoms with van der Waals surface area (Å²) < 4.78 is 30.3. The van der Waals surface area contributed by atoms with E-state index in [-0.39, 0.29) is 11.8 Å². The predicted octanol–water partition coefficient (Wildman–Crippen LogP) is 1.81. The van der Waals surface area contributed by atoms with Gasteiger partial charge in [-0.15, -0.1) is 0 Å². The van der Waals surface area contributed by atoms with Gasteiger partial charge in [0.15, 0.2) is 0 Å². The Balaban J connectivity index is 1.79. The maximum atomic E-state index is 12.5. The number of benzene rings is 1. The van der Waals surface area contributed by atoms with Gasteiger partial charge < -0.3 is 9.64 Å². The molecule has 25 heavy (non-hydrogen) atoms. The van der Waals surface area contributed by atoms with Crippen molar-refractivity contribution in [1.29, 1.82) is 0 Å². The summed E-state index contributed by atoms with van der Waals surface area (Å²) in [4.78, 5) is 14.2. The van der Waals surface area contributed by atoms with Crippen molar-refractivity contribution in [3.8, 4) is 5.75 Å². The zero-order valence-electron chi connectivity index (χ0n) is 15.5. The molecule has 0 N–H and O–H groups in total. The van der Waals surface area contributed by atoms with E-state index in [1.807, 2.05) is 26.0 Å². The van der Waals surface area contributed by atoms with E-state index in [0.29, 0.717) is 39.1 Å². The molecule has 0 unspecified atom stereocenters. The zero-order valence-corrected chi connectivity index (χ0v) is 16.3. The van der Waals surface area contributed by atoms with Crippen LogP contribution in [0.4, 0.5) is 0 Å². The Morgan fingerprint density at radius 2 is 1.76 bits per heavy atom. The van der Waals surface area contributed by atoms with E-state index >= 15 is 0 Å². The molecule has 1 aliphatic heterocycles. The van der Waals surface area contributed by atoms with Crippen LogP contribution in [0.25, 0.3) is 0 Å². The number of nitrogens with zero attached hydrogens (tertiary/aromatic N) is 2. The first kappa shape index (κ1) is 19.7. The number of sulfonamides is 1. The van der Waals surface area contributed by atoms with E-state index in [1.54, 1.807) is 11.9 Å². The molecule has 1 aromatic rings. The average molecular weight is 368 g/mol. The van der Waals surface area contributed by atoms with Gasteiger partial charge in [0.2, 0.25) is 15.9 Å². The van der Waals surface area contributed by atoms with Crippen LogP contribution in [0.5, 0.6) is 5.75 Å². The number of hydrogen-bond donors (Lipinski definition) is 0. The van der Waals surface area contributed by atoms with Gasteiger partial charge in [-0.2, -0.15) is 0 Å². The molecule has 0 atom stereocenters. The van der Waals surface area contributed by atoms with Gasteiger partial charge in [-0.25, -0.2) is 12.7 Å². The number of piperidine rings is 1. The van der Waals surface area contributed by atoms with Crippen molar-refractivity contribution in [2.45, 2.75) is 26.7 Å². The summed E-state index contributed by atoms with van der Waals surface area (Å²) in [6.45, 7) is 5.84. The fraction of sp³-hybridized carbons (Fsp3) is 0.611. The molecule has 0 aromatic heterocycles. The lowest BCUT2D eigenvalue weighted by molar-refractivity contribution is -0.135. The van der Waals surface area contributed by atoms with Crippen molar-refractivity contribution < 1.29 is 17.9 Å². The third kappa shape index (κ3) is 5.71. The van der Waals surface area contributed by atoms with Crippen LogP contribution in [0, 0.1) is 19.8 Å². The highest BCUT2D eigenvalue weighted by Gasteiger charge is 2.30. The number of carbonyl (C=O) groups excluding carboxylic acids is 1. The molecule has 1 amide bonds. The maximum Gasteiger partial charge on any atom is 0.225 e. The van der Waals surface area contributed by atoms with E-state index in [0.717, 1.165) is 16.9 Å². The quantitative estimate of drug-likeness (QED) is 0.768. The van der Waals surface area contributed by atoms with Gasteiger partial charge in [-0.3, -0.25) is 4.79 Å². The molecule has 0 radical (unpaired) electrons. The zero-order chi connectivity index (χ0) is 18.6. The molecular formula is C18H28N2O4S. The monoisotopic (exact) mass is 368 g/mol. The maximum absolute atomic E-state index is 12.5. The molecule has 0 saturated carbocycles. The molecule has 1 aromatic carbocycles. The number of aryl methyl sites for hydroxylation is 2. The van der Waals surface area contributed by atoms with Crippen molar-refractivity contribution in [1.82, 2.24) is 9.21 Å². The van der Waals surface area contributed by atoms with E-state index in [9.17, 15) is 13.2 Å². The van der Waals surface area contributed by atoms with Gasteiger partial charge in [0.1, 0.15) is 12.4 Å². The number of amides is 1. The average Bonchev–Trinajstić information content (AvgIpc) is 2.52. The predicted molar refractivity (Wildman–Crippen MR) is 98.2 cm³/mol. The van der Waals surface area contributed by atoms with Crippen molar-refractivity contribution in [2.24, 2.45) is 5.92 Å². The fourth-order valence-corrected chi connectivity index (χ4v) is 4.05. The van der Waals surface area contributed by atoms with Gasteiger partial charge in [0.25, 0.3) is 0 Å². The van der Waals surface area contributed by atoms with Crippen LogP contribution in [-0.2, 0) is 14.8 Å². The summed E-state index contributed by atoms with van der Waals surface area (Å²) in [5, 5.41) is 0. The minimum Gasteiger partial charge on any atom is -0.492 e. The standard InChI is InChI=1S/C18H28N2O4S/c1-14-11-15(2)13-17(12-14)24-10-9-19(3)18(21)16-5-7-20(8-6-16)25(4,22)23/h11-13,16H,5-10H2,1-4H3. The molecule has 0 aliphatic carbocycles. The third-order valence-corrected chi connectivity index (χ3v) is 5.84. The van der Waals surface area contributed by atoms with Crippen LogP contribution < -0.4 is 4.74 Å². The first-order valence-electron chi connectivity index (χ1n) is 8.58. The van der Waals surface area contributed by atoms with Crippen LogP contribution in [0.2, 0.25) is 0 Å². The van der Waals surface area contributed by atoms with Crippen molar-refractivity contribution in [3.63, 3.8) is 0 Å². The Labute approximate surface area is 150 Å². The Morgan fingerprint density at radius 1 is 1.20 bits per heavy atom. The summed E-state index contributed by atoms with van der Waals surface area (Å²) in [7, 11) is -1.38. The summed E-state index contributed by atoms with van der Waals surface area (Å²) in [6, 6.07) is 6.05. The molecule has 7 heteroatoms. The van der Waals surface area contributed by atoms with Crippen LogP contribution in [-0.4, -0.2) is 63.1 Å². The lowest BCUT2D eigenvalue weighted by atomic mass is 9.97. The van der Waals surface area contributed by atoms with Crippen molar-refractivity contribution in [3.05, 3.63) is 29.3 Å². The summed E-state index contributed by atoms with van der Waals surface area (Å²) in [5.74, 6) is 0.779. The van der Waals surface area contributed by atoms with Gasteiger partial charge >= 0.3 is 0 Å². The van der Waals surface area contributed by atoms with E-state index in [1.165, 1.54) is 10.6 Å². The van der Waals surface area contributed by atoms with Gasteiger partial charge in [-0.1, -0.05) is 6.07 Å². The highest BCUT2D eigenvalue weighted by Crippen LogP contribution is 2.21. The van der Waals surface area contributed by atoms with Gasteiger partial charge in [-0.05, 0) is 49.9 Å². The summed E-state index contributed by atoms with van der Waals surface area (Å²) in [5.41, 5.74) is 2.30. The molecule has 6 nitrogen and oxygen atoms in total. The highest BCUT2D eigenvalue weighted by molar-refractivity contribution is 7.88. The second kappa shape index (κ2) is 8.19. The molecule has 140 valence electrons. The molecule has 1 aliphatic rings. The fourth-order valence-electron chi connectivity index (χ4n) is 3.17. The second-order valence-electron chi connectivity index (χ2n) is 6.87. The molecule has 1 fully saturated rings. The molecule has 0 spiro atoms. The van der Waals surface area contributed by atoms with Crippen LogP contribution in [0.3, 0.4) is 0 Å². The Bertz CT molecular complexity index is 690. The number of likely N-dealkylation sites (N-methyl/N-ethyl adjacent to an activating group) is 1. The normalized spacial score (nSPS) is 16.6. The summed E-state index contributed by atoms with van der Waals surface area (Å²) >= 11 is 0. The van der Waals surface area contributed by atoms with Gasteiger partial charge in [0.05, 0.1) is 12.8 Å². The van der Waals surface area contributed by atoms with E-state index in [2.05, 4.69) is 6.07 Å². The molecular weight excluding hydrogens is 340 g/mol. The third-order valence-electron chi connectivity index (χ3n) is 4.54. The minimum absolute atomic E-state index is 0.0668. The lowest BCUT2D eigenvalue weighted by Gasteiger charge is -2.31. The van der Waals surface area contributed by atoms with Crippen molar-refractivity contribution in [2.75, 3.05) is 39.5 Å². The smallest absolute Gasteiger partial charge is 0.225 e. The van der Waals surface area contributed by atoms with Gasteiger partial charge in [0, 0.05) is 26.1 Å². The van der Waals surface area contributed by atoms with E-state index in [4.69, 9.17) is 4.74 Å². The molecule has 0 bridgehead atoms. The SMILES string of the molecule is Cc1cc(C)cc(OCCN(C)C(=O)C2CCN(S(C)(=O)=O)CC2)c1. The highest BCUT2D eigenvalue weighted by atomic mass is 32.2. The Kier molecular flexibility index (Phi) is 6.46. The minimum atomic E-state index is -3.16. The van der Waals surface area contributed by atoms with Crippen LogP contribution in [0.1, 0.15) is 24.0 Å². The lowest BCUT2D eigenvalue weighted by Crippen LogP contribution is -2.43. The number of rotatable bonds is 6. The van der Waals surface area contributed by atoms with Crippen LogP contribution >= 0.6 is 0 Å². The van der Waals surface area contributed by atoms with Crippen molar-refractivity contribution >= 4 is 15.9 Å². The number of carbonyl (C=O) groups is 1. The topological polar surface area (TPSA) is 66.9 Å². The number of ether oxygens (including phenoxy) is 1.